The Hall–Kier alpha value is -1.16. The second kappa shape index (κ2) is 5.45. The van der Waals surface area contributed by atoms with Crippen molar-refractivity contribution in [2.45, 2.75) is 26.8 Å². The van der Waals surface area contributed by atoms with Crippen LogP contribution in [0, 0.1) is 11.8 Å². The maximum atomic E-state index is 5.02. The summed E-state index contributed by atoms with van der Waals surface area (Å²) >= 11 is 0. The van der Waals surface area contributed by atoms with Crippen molar-refractivity contribution in [3.8, 4) is 6.01 Å². The molecule has 0 bridgehead atoms. The largest absolute Gasteiger partial charge is 0.467 e. The molecule has 1 aliphatic heterocycles. The van der Waals surface area contributed by atoms with Crippen LogP contribution in [0.1, 0.15) is 26.0 Å². The molecule has 0 saturated carbocycles. The number of ether oxygens (including phenoxy) is 1. The van der Waals surface area contributed by atoms with Gasteiger partial charge in [0.05, 0.1) is 12.8 Å². The number of methoxy groups -OCH3 is 1. The van der Waals surface area contributed by atoms with Crippen LogP contribution in [0.4, 0.5) is 0 Å². The van der Waals surface area contributed by atoms with Gasteiger partial charge in [0.25, 0.3) is 0 Å². The highest BCUT2D eigenvalue weighted by molar-refractivity contribution is 5.06. The lowest BCUT2D eigenvalue weighted by Crippen LogP contribution is -2.46. The van der Waals surface area contributed by atoms with Gasteiger partial charge in [-0.15, -0.1) is 0 Å². The topological polar surface area (TPSA) is 38.2 Å². The van der Waals surface area contributed by atoms with Crippen LogP contribution in [0.2, 0.25) is 0 Å². The van der Waals surface area contributed by atoms with Gasteiger partial charge in [0.1, 0.15) is 0 Å². The normalized spacial score (nSPS) is 17.2. The van der Waals surface area contributed by atoms with Crippen molar-refractivity contribution in [2.75, 3.05) is 20.2 Å². The first-order valence-electron chi connectivity index (χ1n) is 6.25. The van der Waals surface area contributed by atoms with Crippen LogP contribution in [-0.2, 0) is 6.54 Å². The third kappa shape index (κ3) is 3.40. The van der Waals surface area contributed by atoms with Crippen molar-refractivity contribution >= 4 is 0 Å². The molecule has 1 aliphatic rings. The van der Waals surface area contributed by atoms with Crippen LogP contribution in [0.5, 0.6) is 6.01 Å². The molecule has 0 spiro atoms. The molecule has 1 fully saturated rings. The number of nitrogens with zero attached hydrogens (tertiary/aromatic N) is 3. The number of rotatable bonds is 5. The van der Waals surface area contributed by atoms with Crippen LogP contribution in [-0.4, -0.2) is 35.1 Å². The van der Waals surface area contributed by atoms with Crippen LogP contribution < -0.4 is 4.74 Å². The van der Waals surface area contributed by atoms with Crippen molar-refractivity contribution in [1.29, 1.82) is 0 Å². The molecule has 1 saturated heterocycles. The van der Waals surface area contributed by atoms with E-state index in [1.807, 2.05) is 6.07 Å². The van der Waals surface area contributed by atoms with E-state index < -0.39 is 0 Å². The van der Waals surface area contributed by atoms with Crippen molar-refractivity contribution in [1.82, 2.24) is 14.9 Å². The van der Waals surface area contributed by atoms with E-state index in [-0.39, 0.29) is 0 Å². The van der Waals surface area contributed by atoms with Crippen molar-refractivity contribution in [3.63, 3.8) is 0 Å². The minimum absolute atomic E-state index is 0.460. The average molecular weight is 235 g/mol. The fourth-order valence-electron chi connectivity index (χ4n) is 2.41. The summed E-state index contributed by atoms with van der Waals surface area (Å²) in [5.41, 5.74) is 1.04. The molecular formula is C13H21N3O. The summed E-state index contributed by atoms with van der Waals surface area (Å²) in [5, 5.41) is 0. The van der Waals surface area contributed by atoms with Gasteiger partial charge in [0, 0.05) is 25.8 Å². The molecule has 17 heavy (non-hydrogen) atoms. The number of likely N-dealkylation sites (tertiary alicyclic amines) is 1. The summed E-state index contributed by atoms with van der Waals surface area (Å²) in [4.78, 5) is 10.8. The van der Waals surface area contributed by atoms with E-state index in [4.69, 9.17) is 4.74 Å². The second-order valence-corrected chi connectivity index (χ2v) is 5.22. The Morgan fingerprint density at radius 1 is 1.47 bits per heavy atom. The van der Waals surface area contributed by atoms with Gasteiger partial charge in [-0.05, 0) is 24.3 Å². The van der Waals surface area contributed by atoms with Crippen LogP contribution in [0.3, 0.4) is 0 Å². The van der Waals surface area contributed by atoms with Gasteiger partial charge in [-0.2, -0.15) is 4.98 Å². The maximum absolute atomic E-state index is 5.02. The van der Waals surface area contributed by atoms with E-state index in [1.165, 1.54) is 19.5 Å². The highest BCUT2D eigenvalue weighted by atomic mass is 16.5. The van der Waals surface area contributed by atoms with Crippen molar-refractivity contribution < 1.29 is 4.74 Å². The zero-order valence-corrected chi connectivity index (χ0v) is 10.9. The second-order valence-electron chi connectivity index (χ2n) is 5.22. The highest BCUT2D eigenvalue weighted by Crippen LogP contribution is 2.24. The van der Waals surface area contributed by atoms with E-state index in [0.29, 0.717) is 6.01 Å². The maximum Gasteiger partial charge on any atom is 0.316 e. The quantitative estimate of drug-likeness (QED) is 0.782. The van der Waals surface area contributed by atoms with Gasteiger partial charge in [-0.25, -0.2) is 4.98 Å². The smallest absolute Gasteiger partial charge is 0.316 e. The first-order valence-corrected chi connectivity index (χ1v) is 6.25. The Labute approximate surface area is 103 Å². The third-order valence-electron chi connectivity index (χ3n) is 3.10. The lowest BCUT2D eigenvalue weighted by atomic mass is 9.90. The zero-order valence-electron chi connectivity index (χ0n) is 10.9. The average Bonchev–Trinajstić information content (AvgIpc) is 2.26. The monoisotopic (exact) mass is 235 g/mol. The zero-order chi connectivity index (χ0) is 12.3. The highest BCUT2D eigenvalue weighted by Gasteiger charge is 2.27. The van der Waals surface area contributed by atoms with E-state index >= 15 is 0 Å². The molecule has 1 aromatic rings. The summed E-state index contributed by atoms with van der Waals surface area (Å²) in [5.74, 6) is 1.68. The number of aromatic nitrogens is 2. The van der Waals surface area contributed by atoms with Gasteiger partial charge in [0.2, 0.25) is 0 Å². The fraction of sp³-hybridized carbons (Fsp3) is 0.692. The first kappa shape index (κ1) is 12.3. The minimum atomic E-state index is 0.460. The summed E-state index contributed by atoms with van der Waals surface area (Å²) in [6.07, 6.45) is 3.09. The van der Waals surface area contributed by atoms with E-state index in [2.05, 4.69) is 28.7 Å². The van der Waals surface area contributed by atoms with Crippen LogP contribution in [0.15, 0.2) is 12.3 Å². The van der Waals surface area contributed by atoms with Gasteiger partial charge < -0.3 is 4.74 Å². The van der Waals surface area contributed by atoms with Gasteiger partial charge in [-0.3, -0.25) is 4.90 Å². The van der Waals surface area contributed by atoms with Crippen molar-refractivity contribution in [2.24, 2.45) is 11.8 Å². The molecule has 0 N–H and O–H groups in total. The fourth-order valence-corrected chi connectivity index (χ4v) is 2.41. The predicted molar refractivity (Wildman–Crippen MR) is 66.8 cm³/mol. The molecular weight excluding hydrogens is 214 g/mol. The lowest BCUT2D eigenvalue weighted by Gasteiger charge is -2.40. The summed E-state index contributed by atoms with van der Waals surface area (Å²) < 4.78 is 5.02. The first-order chi connectivity index (χ1) is 8.17. The number of hydrogen-bond donors (Lipinski definition) is 0. The minimum Gasteiger partial charge on any atom is -0.467 e. The molecule has 0 radical (unpaired) electrons. The molecule has 0 aliphatic carbocycles. The molecule has 2 heterocycles. The Morgan fingerprint density at radius 2 is 2.24 bits per heavy atom. The third-order valence-corrected chi connectivity index (χ3v) is 3.10. The molecule has 4 nitrogen and oxygen atoms in total. The molecule has 94 valence electrons. The Bertz CT molecular complexity index is 361. The van der Waals surface area contributed by atoms with E-state index in [9.17, 15) is 0 Å². The summed E-state index contributed by atoms with van der Waals surface area (Å²) in [7, 11) is 1.60. The summed E-state index contributed by atoms with van der Waals surface area (Å²) in [6.45, 7) is 7.89. The lowest BCUT2D eigenvalue weighted by molar-refractivity contribution is 0.0762. The molecule has 1 aromatic heterocycles. The van der Waals surface area contributed by atoms with Crippen LogP contribution >= 0.6 is 0 Å². The summed E-state index contributed by atoms with van der Waals surface area (Å²) in [6, 6.07) is 2.42. The molecule has 0 amide bonds. The Kier molecular flexibility index (Phi) is 3.94. The predicted octanol–water partition coefficient (Wildman–Crippen LogP) is 1.96. The van der Waals surface area contributed by atoms with E-state index in [0.717, 1.165) is 24.1 Å². The molecule has 0 atom stereocenters. The van der Waals surface area contributed by atoms with Gasteiger partial charge in [0.15, 0.2) is 0 Å². The van der Waals surface area contributed by atoms with Gasteiger partial charge >= 0.3 is 6.01 Å². The SMILES string of the molecule is COc1nccc(CN2CC(CC(C)C)C2)n1. The molecule has 0 unspecified atom stereocenters. The molecule has 2 rings (SSSR count). The molecule has 0 aromatic carbocycles. The molecule has 4 heteroatoms. The van der Waals surface area contributed by atoms with Gasteiger partial charge in [-0.1, -0.05) is 13.8 Å². The number of hydrogen-bond acceptors (Lipinski definition) is 4. The Balaban J connectivity index is 1.79. The van der Waals surface area contributed by atoms with E-state index in [1.54, 1.807) is 13.3 Å². The van der Waals surface area contributed by atoms with Crippen molar-refractivity contribution in [3.05, 3.63) is 18.0 Å². The standard InChI is InChI=1S/C13H21N3O/c1-10(2)6-11-7-16(8-11)9-12-4-5-14-13(15-12)17-3/h4-5,10-11H,6-9H2,1-3H3. The Morgan fingerprint density at radius 3 is 2.88 bits per heavy atom. The van der Waals surface area contributed by atoms with Crippen LogP contribution in [0.25, 0.3) is 0 Å².